The van der Waals surface area contributed by atoms with Gasteiger partial charge in [0.15, 0.2) is 0 Å². The minimum absolute atomic E-state index is 0.0529. The van der Waals surface area contributed by atoms with Crippen molar-refractivity contribution in [3.63, 3.8) is 0 Å². The van der Waals surface area contributed by atoms with Crippen molar-refractivity contribution in [2.75, 3.05) is 14.1 Å². The van der Waals surface area contributed by atoms with Crippen LogP contribution in [0.4, 0.5) is 0 Å². The van der Waals surface area contributed by atoms with Gasteiger partial charge in [-0.05, 0) is 0 Å². The molecule has 1 rings (SSSR count). The molecule has 0 atom stereocenters. The van der Waals surface area contributed by atoms with E-state index in [1.54, 1.807) is 0 Å². The van der Waals surface area contributed by atoms with E-state index in [1.807, 2.05) is 0 Å². The van der Waals surface area contributed by atoms with Crippen LogP contribution in [0.25, 0.3) is 0 Å². The van der Waals surface area contributed by atoms with Crippen LogP contribution < -0.4 is 0 Å². The molecule has 1 aliphatic heterocycles. The lowest BCUT2D eigenvalue weighted by Crippen LogP contribution is -2.28. The van der Waals surface area contributed by atoms with Crippen LogP contribution in [-0.2, 0) is 28.8 Å². The van der Waals surface area contributed by atoms with Crippen molar-refractivity contribution in [3.05, 3.63) is 19.6 Å². The summed E-state index contributed by atoms with van der Waals surface area (Å²) in [6, 6.07) is 0. The van der Waals surface area contributed by atoms with Crippen LogP contribution >= 0.6 is 11.8 Å². The van der Waals surface area contributed by atoms with E-state index >= 15 is 0 Å². The lowest BCUT2D eigenvalue weighted by Gasteiger charge is -2.24. The maximum absolute atomic E-state index is 11.5. The number of hydrogen-bond acceptors (Lipinski definition) is 7. The van der Waals surface area contributed by atoms with E-state index in [4.69, 9.17) is 10.2 Å². The van der Waals surface area contributed by atoms with E-state index < -0.39 is 53.1 Å². The van der Waals surface area contributed by atoms with Gasteiger partial charge in [-0.25, -0.2) is 27.9 Å². The van der Waals surface area contributed by atoms with Gasteiger partial charge in [0, 0.05) is 23.7 Å². The second-order valence-corrected chi connectivity index (χ2v) is 7.22. The molecular weight excluding hydrogens is 340 g/mol. The predicted molar refractivity (Wildman–Crippen MR) is 76.3 cm³/mol. The standard InChI is InChI=1S/C10H10N2O8S2/c1-11-22(12-2)5(9(17)18)3(7(13)14)21-4(8(15)16)6(22)10(19)20/h1-2H3,(H,13,14)(H,15,16)(H,17,18)(H,19,20). The number of carboxylic acids is 4. The Morgan fingerprint density at radius 3 is 1.27 bits per heavy atom. The maximum atomic E-state index is 11.5. The first kappa shape index (κ1) is 17.7. The minimum atomic E-state index is -3.51. The highest BCUT2D eigenvalue weighted by Crippen LogP contribution is 2.43. The van der Waals surface area contributed by atoms with Crippen LogP contribution in [-0.4, -0.2) is 58.4 Å². The summed E-state index contributed by atoms with van der Waals surface area (Å²) in [6.07, 6.45) is 0. The van der Waals surface area contributed by atoms with Gasteiger partial charge in [-0.1, -0.05) is 11.8 Å². The van der Waals surface area contributed by atoms with Crippen LogP contribution in [0.3, 0.4) is 0 Å². The van der Waals surface area contributed by atoms with E-state index in [0.29, 0.717) is 0 Å². The van der Waals surface area contributed by atoms with Crippen molar-refractivity contribution in [3.8, 4) is 0 Å². The molecule has 0 spiro atoms. The molecule has 0 radical (unpaired) electrons. The molecule has 1 heterocycles. The fraction of sp³-hybridized carbons (Fsp3) is 0.200. The second-order valence-electron chi connectivity index (χ2n) is 3.55. The zero-order valence-electron chi connectivity index (χ0n) is 11.1. The highest BCUT2D eigenvalue weighted by Gasteiger charge is 2.42. The lowest BCUT2D eigenvalue weighted by atomic mass is 10.4. The zero-order valence-corrected chi connectivity index (χ0v) is 12.8. The fourth-order valence-corrected chi connectivity index (χ4v) is 5.68. The summed E-state index contributed by atoms with van der Waals surface area (Å²) in [6.45, 7) is 0. The van der Waals surface area contributed by atoms with Gasteiger partial charge in [0.2, 0.25) is 0 Å². The number of rotatable bonds is 4. The van der Waals surface area contributed by atoms with Gasteiger partial charge in [-0.2, -0.15) is 0 Å². The summed E-state index contributed by atoms with van der Waals surface area (Å²) in [5, 5.41) is 36.8. The number of nitrogens with zero attached hydrogens (tertiary/aromatic N) is 2. The Labute approximate surface area is 128 Å². The molecule has 0 saturated heterocycles. The molecule has 0 aromatic carbocycles. The Morgan fingerprint density at radius 2 is 1.09 bits per heavy atom. The summed E-state index contributed by atoms with van der Waals surface area (Å²) in [5.41, 5.74) is 0. The van der Waals surface area contributed by atoms with E-state index in [2.05, 4.69) is 8.73 Å². The van der Waals surface area contributed by atoms with Gasteiger partial charge < -0.3 is 20.4 Å². The second kappa shape index (κ2) is 6.19. The number of thioether (sulfide) groups is 1. The summed E-state index contributed by atoms with van der Waals surface area (Å²) < 4.78 is 7.33. The van der Waals surface area contributed by atoms with Crippen molar-refractivity contribution in [2.24, 2.45) is 8.73 Å². The molecule has 0 aliphatic carbocycles. The van der Waals surface area contributed by atoms with Crippen LogP contribution in [0.5, 0.6) is 0 Å². The molecule has 0 saturated carbocycles. The van der Waals surface area contributed by atoms with Crippen molar-refractivity contribution < 1.29 is 39.6 Å². The van der Waals surface area contributed by atoms with Gasteiger partial charge in [0.1, 0.15) is 19.6 Å². The number of hydrogen-bond donors (Lipinski definition) is 4. The molecule has 0 bridgehead atoms. The third-order valence-corrected chi connectivity index (χ3v) is 6.87. The first-order valence-corrected chi connectivity index (χ1v) is 7.65. The van der Waals surface area contributed by atoms with Crippen LogP contribution in [0, 0.1) is 0 Å². The number of carbonyl (C=O) groups is 4. The van der Waals surface area contributed by atoms with Crippen molar-refractivity contribution >= 4 is 45.3 Å². The highest BCUT2D eigenvalue weighted by molar-refractivity contribution is 8.14. The Kier molecular flexibility index (Phi) is 4.98. The van der Waals surface area contributed by atoms with Crippen LogP contribution in [0.15, 0.2) is 28.3 Å². The molecular formula is C10H10N2O8S2. The Hall–Kier alpha value is -2.34. The number of carboxylic acid groups (broad SMARTS) is 4. The quantitative estimate of drug-likeness (QED) is 0.555. The largest absolute Gasteiger partial charge is 0.477 e. The third-order valence-electron chi connectivity index (χ3n) is 2.49. The Balaban J connectivity index is 4.13. The highest BCUT2D eigenvalue weighted by atomic mass is 32.2. The molecule has 22 heavy (non-hydrogen) atoms. The summed E-state index contributed by atoms with van der Waals surface area (Å²) in [7, 11) is -1.40. The Morgan fingerprint density at radius 1 is 0.773 bits per heavy atom. The summed E-state index contributed by atoms with van der Waals surface area (Å²) >= 11 is 0.0529. The zero-order chi connectivity index (χ0) is 17.2. The molecule has 12 heteroatoms. The van der Waals surface area contributed by atoms with Crippen molar-refractivity contribution in [1.29, 1.82) is 0 Å². The molecule has 1 aliphatic rings. The molecule has 0 aromatic rings. The van der Waals surface area contributed by atoms with E-state index in [9.17, 15) is 29.4 Å². The molecule has 0 fully saturated rings. The minimum Gasteiger partial charge on any atom is -0.477 e. The molecule has 0 unspecified atom stereocenters. The summed E-state index contributed by atoms with van der Waals surface area (Å²) in [5.74, 6) is -6.84. The van der Waals surface area contributed by atoms with Gasteiger partial charge in [0.05, 0.1) is 0 Å². The third kappa shape index (κ3) is 2.57. The molecule has 10 nitrogen and oxygen atoms in total. The van der Waals surface area contributed by atoms with Crippen molar-refractivity contribution in [1.82, 2.24) is 0 Å². The predicted octanol–water partition coefficient (Wildman–Crippen LogP) is 0.276. The topological polar surface area (TPSA) is 174 Å². The van der Waals surface area contributed by atoms with Gasteiger partial charge in [-0.3, -0.25) is 0 Å². The average Bonchev–Trinajstić information content (AvgIpc) is 2.43. The number of aliphatic carboxylic acids is 4. The molecule has 0 aromatic heterocycles. The monoisotopic (exact) mass is 350 g/mol. The lowest BCUT2D eigenvalue weighted by molar-refractivity contribution is -0.135. The van der Waals surface area contributed by atoms with Crippen molar-refractivity contribution in [2.45, 2.75) is 0 Å². The first-order chi connectivity index (χ1) is 10.1. The molecule has 4 N–H and O–H groups in total. The SMILES string of the molecule is CN=S1(=NC)C(C(=O)O)=C(C(=O)O)SC(C(=O)O)=C1C(=O)O. The normalized spacial score (nSPS) is 17.0. The fourth-order valence-electron chi connectivity index (χ4n) is 1.72. The van der Waals surface area contributed by atoms with Gasteiger partial charge in [-0.15, -0.1) is 0 Å². The van der Waals surface area contributed by atoms with Crippen LogP contribution in [0.1, 0.15) is 0 Å². The Bertz CT molecular complexity index is 715. The maximum Gasteiger partial charge on any atom is 0.345 e. The van der Waals surface area contributed by atoms with E-state index in [-0.39, 0.29) is 11.8 Å². The van der Waals surface area contributed by atoms with Crippen LogP contribution in [0.2, 0.25) is 0 Å². The van der Waals surface area contributed by atoms with E-state index in [0.717, 1.165) is 14.1 Å². The van der Waals surface area contributed by atoms with Gasteiger partial charge in [0.25, 0.3) is 0 Å². The molecule has 0 amide bonds. The summed E-state index contributed by atoms with van der Waals surface area (Å²) in [4.78, 5) is 42.1. The molecule has 120 valence electrons. The van der Waals surface area contributed by atoms with E-state index in [1.165, 1.54) is 0 Å². The smallest absolute Gasteiger partial charge is 0.345 e. The average molecular weight is 350 g/mol. The first-order valence-electron chi connectivity index (χ1n) is 5.29. The van der Waals surface area contributed by atoms with Gasteiger partial charge >= 0.3 is 23.9 Å².